The molecule has 0 radical (unpaired) electrons. The van der Waals surface area contributed by atoms with Gasteiger partial charge >= 0.3 is 5.97 Å². The van der Waals surface area contributed by atoms with Gasteiger partial charge in [-0.05, 0) is 36.2 Å². The van der Waals surface area contributed by atoms with E-state index < -0.39 is 29.2 Å². The lowest BCUT2D eigenvalue weighted by Crippen LogP contribution is -2.43. The highest BCUT2D eigenvalue weighted by molar-refractivity contribution is 5.93. The largest absolute Gasteiger partial charge is 0.478 e. The summed E-state index contributed by atoms with van der Waals surface area (Å²) >= 11 is 0. The van der Waals surface area contributed by atoms with E-state index in [0.717, 1.165) is 36.0 Å². The van der Waals surface area contributed by atoms with Crippen molar-refractivity contribution in [2.45, 2.75) is 39.2 Å². The Morgan fingerprint density at radius 3 is 2.52 bits per heavy atom. The Morgan fingerprint density at radius 2 is 1.82 bits per heavy atom. The van der Waals surface area contributed by atoms with Crippen molar-refractivity contribution in [1.82, 2.24) is 15.7 Å². The fraction of sp³-hybridized carbons (Fsp3) is 0.310. The molecule has 0 aliphatic rings. The molecule has 11 heteroatoms. The summed E-state index contributed by atoms with van der Waals surface area (Å²) in [6.07, 6.45) is 3.72. The molecule has 0 fully saturated rings. The van der Waals surface area contributed by atoms with Crippen molar-refractivity contribution in [3.63, 3.8) is 0 Å². The minimum atomic E-state index is -1.42. The number of halogens is 1. The number of hydrogen-bond acceptors (Lipinski definition) is 6. The van der Waals surface area contributed by atoms with Crippen LogP contribution in [0.15, 0.2) is 65.1 Å². The van der Waals surface area contributed by atoms with E-state index in [1.165, 1.54) is 24.3 Å². The van der Waals surface area contributed by atoms with Crippen molar-refractivity contribution < 1.29 is 37.9 Å². The second-order valence-corrected chi connectivity index (χ2v) is 9.02. The van der Waals surface area contributed by atoms with Crippen LogP contribution >= 0.6 is 0 Å². The van der Waals surface area contributed by atoms with Crippen LogP contribution in [0.5, 0.6) is 0 Å². The molecule has 2 aromatic carbocycles. The number of hydroxylamine groups is 2. The number of aromatic carboxylic acids is 1. The summed E-state index contributed by atoms with van der Waals surface area (Å²) in [5.41, 5.74) is 0.258. The van der Waals surface area contributed by atoms with Crippen LogP contribution in [-0.2, 0) is 21.0 Å². The van der Waals surface area contributed by atoms with Gasteiger partial charge < -0.3 is 20.2 Å². The molecule has 3 N–H and O–H groups in total. The van der Waals surface area contributed by atoms with Gasteiger partial charge in [0.2, 0.25) is 12.3 Å². The fourth-order valence-corrected chi connectivity index (χ4v) is 3.96. The number of furan rings is 1. The number of benzene rings is 2. The number of amides is 3. The molecule has 0 aliphatic heterocycles. The predicted molar refractivity (Wildman–Crippen MR) is 143 cm³/mol. The predicted octanol–water partition coefficient (Wildman–Crippen LogP) is 4.37. The topological polar surface area (TPSA) is 138 Å². The quantitative estimate of drug-likeness (QED) is 0.104. The number of carbonyl (C=O) groups is 4. The zero-order valence-electron chi connectivity index (χ0n) is 22.1. The number of carboxylic acid groups (broad SMARTS) is 1. The first-order chi connectivity index (χ1) is 19.3. The lowest BCUT2D eigenvalue weighted by Gasteiger charge is -2.23. The summed E-state index contributed by atoms with van der Waals surface area (Å²) in [7, 11) is 0. The van der Waals surface area contributed by atoms with Gasteiger partial charge in [0, 0.05) is 0 Å². The molecule has 1 atom stereocenters. The Morgan fingerprint density at radius 1 is 1.05 bits per heavy atom. The first kappa shape index (κ1) is 30.0. The summed E-state index contributed by atoms with van der Waals surface area (Å²) in [6, 6.07) is 15.8. The molecular formula is C29H32FN3O7. The highest BCUT2D eigenvalue weighted by atomic mass is 19.1. The van der Waals surface area contributed by atoms with Gasteiger partial charge in [-0.3, -0.25) is 19.2 Å². The molecule has 1 aromatic heterocycles. The Bertz CT molecular complexity index is 1300. The maximum absolute atomic E-state index is 14.5. The van der Waals surface area contributed by atoms with Crippen LogP contribution in [0.25, 0.3) is 11.3 Å². The van der Waals surface area contributed by atoms with Gasteiger partial charge in [0.1, 0.15) is 18.2 Å². The highest BCUT2D eigenvalue weighted by Crippen LogP contribution is 2.27. The van der Waals surface area contributed by atoms with Crippen molar-refractivity contribution in [2.24, 2.45) is 5.92 Å². The van der Waals surface area contributed by atoms with E-state index in [2.05, 4.69) is 10.6 Å². The van der Waals surface area contributed by atoms with E-state index in [9.17, 15) is 23.6 Å². The van der Waals surface area contributed by atoms with Gasteiger partial charge in [-0.25, -0.2) is 14.2 Å². The lowest BCUT2D eigenvalue weighted by atomic mass is 10.0. The Hall–Kier alpha value is -4.51. The fourth-order valence-electron chi connectivity index (χ4n) is 3.96. The summed E-state index contributed by atoms with van der Waals surface area (Å²) in [5, 5.41) is 15.4. The molecular weight excluding hydrogens is 521 g/mol. The molecule has 1 heterocycles. The second-order valence-electron chi connectivity index (χ2n) is 9.02. The maximum atomic E-state index is 14.5. The van der Waals surface area contributed by atoms with Gasteiger partial charge in [-0.2, -0.15) is 0 Å². The van der Waals surface area contributed by atoms with Crippen LogP contribution in [0.1, 0.15) is 59.1 Å². The number of nitrogens with zero attached hydrogens (tertiary/aromatic N) is 1. The smallest absolute Gasteiger partial charge is 0.338 e. The molecule has 212 valence electrons. The van der Waals surface area contributed by atoms with Crippen LogP contribution in [0.2, 0.25) is 0 Å². The molecule has 3 rings (SSSR count). The first-order valence-corrected chi connectivity index (χ1v) is 12.9. The van der Waals surface area contributed by atoms with Gasteiger partial charge in [0.05, 0.1) is 30.3 Å². The van der Waals surface area contributed by atoms with Crippen molar-refractivity contribution in [3.8, 4) is 11.3 Å². The number of unbranched alkanes of at least 4 members (excludes halogenated alkanes) is 2. The summed E-state index contributed by atoms with van der Waals surface area (Å²) < 4.78 is 20.0. The molecule has 0 saturated heterocycles. The van der Waals surface area contributed by atoms with E-state index in [-0.39, 0.29) is 42.8 Å². The third-order valence-corrected chi connectivity index (χ3v) is 6.12. The summed E-state index contributed by atoms with van der Waals surface area (Å²) in [4.78, 5) is 53.8. The number of carboxylic acids is 1. The summed E-state index contributed by atoms with van der Waals surface area (Å²) in [5.74, 6) is -4.16. The molecule has 3 aromatic rings. The molecule has 0 spiro atoms. The van der Waals surface area contributed by atoms with Crippen molar-refractivity contribution in [2.75, 3.05) is 13.2 Å². The summed E-state index contributed by atoms with van der Waals surface area (Å²) in [6.45, 7) is 2.05. The van der Waals surface area contributed by atoms with E-state index in [1.54, 1.807) is 0 Å². The molecule has 0 aliphatic carbocycles. The van der Waals surface area contributed by atoms with Gasteiger partial charge in [0.15, 0.2) is 5.76 Å². The minimum absolute atomic E-state index is 0.0183. The average Bonchev–Trinajstić information content (AvgIpc) is 3.45. The van der Waals surface area contributed by atoms with E-state index in [4.69, 9.17) is 14.4 Å². The first-order valence-electron chi connectivity index (χ1n) is 12.9. The maximum Gasteiger partial charge on any atom is 0.338 e. The molecule has 0 saturated carbocycles. The van der Waals surface area contributed by atoms with Crippen molar-refractivity contribution in [1.29, 1.82) is 0 Å². The van der Waals surface area contributed by atoms with Crippen LogP contribution in [0.3, 0.4) is 0 Å². The van der Waals surface area contributed by atoms with Crippen molar-refractivity contribution in [3.05, 3.63) is 83.4 Å². The Balaban J connectivity index is 1.56. The zero-order chi connectivity index (χ0) is 28.9. The lowest BCUT2D eigenvalue weighted by molar-refractivity contribution is -0.182. The average molecular weight is 554 g/mol. The molecule has 10 nitrogen and oxygen atoms in total. The van der Waals surface area contributed by atoms with Crippen LogP contribution in [-0.4, -0.2) is 47.6 Å². The number of hydrogen-bond donors (Lipinski definition) is 3. The Labute approximate surface area is 231 Å². The monoisotopic (exact) mass is 553 g/mol. The van der Waals surface area contributed by atoms with E-state index in [0.29, 0.717) is 12.8 Å². The standard InChI is InChI=1S/C29H32FN3O7/c1-2-3-5-11-21(16-33(19-34)39-17-20-9-6-4-7-10-20)27(35)31-18-32-28(36)25-15-14-24(40-25)22-12-8-13-23(26(22)30)29(37)38/h4,6-10,12-15,19,21H,2-3,5,11,16-18H2,1H3,(H,31,35)(H,32,36)(H,37,38). The van der Waals surface area contributed by atoms with Gasteiger partial charge in [-0.1, -0.05) is 62.6 Å². The molecule has 0 bridgehead atoms. The van der Waals surface area contributed by atoms with E-state index in [1.807, 2.05) is 37.3 Å². The molecule has 3 amide bonds. The molecule has 40 heavy (non-hydrogen) atoms. The van der Waals surface area contributed by atoms with Gasteiger partial charge in [-0.15, -0.1) is 0 Å². The van der Waals surface area contributed by atoms with Gasteiger partial charge in [0.25, 0.3) is 5.91 Å². The molecule has 1 unspecified atom stereocenters. The third-order valence-electron chi connectivity index (χ3n) is 6.12. The second kappa shape index (κ2) is 15.2. The normalized spacial score (nSPS) is 11.4. The van der Waals surface area contributed by atoms with E-state index >= 15 is 0 Å². The zero-order valence-corrected chi connectivity index (χ0v) is 22.1. The highest BCUT2D eigenvalue weighted by Gasteiger charge is 2.23. The SMILES string of the molecule is CCCCCC(CN(C=O)OCc1ccccc1)C(=O)NCNC(=O)c1ccc(-c2cccc(C(=O)O)c2F)o1. The Kier molecular flexibility index (Phi) is 11.4. The number of carbonyl (C=O) groups excluding carboxylic acids is 3. The minimum Gasteiger partial charge on any atom is -0.478 e. The van der Waals surface area contributed by atoms with Crippen LogP contribution in [0.4, 0.5) is 4.39 Å². The number of nitrogens with one attached hydrogen (secondary N) is 2. The van der Waals surface area contributed by atoms with Crippen LogP contribution < -0.4 is 10.6 Å². The third kappa shape index (κ3) is 8.50. The number of rotatable bonds is 16. The van der Waals surface area contributed by atoms with Crippen LogP contribution in [0, 0.1) is 11.7 Å². The van der Waals surface area contributed by atoms with Crippen molar-refractivity contribution >= 4 is 24.2 Å².